The fourth-order valence-electron chi connectivity index (χ4n) is 2.49. The van der Waals surface area contributed by atoms with Crippen molar-refractivity contribution >= 4 is 21.5 Å². The lowest BCUT2D eigenvalue weighted by atomic mass is 10.1. The van der Waals surface area contributed by atoms with Crippen molar-refractivity contribution in [2.45, 2.75) is 24.5 Å². The topological polar surface area (TPSA) is 221 Å². The molecule has 178 valence electrons. The van der Waals surface area contributed by atoms with E-state index in [1.807, 2.05) is 0 Å². The van der Waals surface area contributed by atoms with Gasteiger partial charge in [0.25, 0.3) is 15.6 Å². The molecule has 1 saturated heterocycles. The summed E-state index contributed by atoms with van der Waals surface area (Å²) in [4.78, 5) is 38.9. The summed E-state index contributed by atoms with van der Waals surface area (Å²) in [5.41, 5.74) is 4.54. The molecule has 5 N–H and O–H groups in total. The lowest BCUT2D eigenvalue weighted by Gasteiger charge is -2.32. The number of ether oxygens (including phenoxy) is 1. The highest BCUT2D eigenvalue weighted by atomic mass is 31.3. The number of nitrogens with two attached hydrogens (primary N) is 1. The molecule has 15 nitrogen and oxygen atoms in total. The summed E-state index contributed by atoms with van der Waals surface area (Å²) < 4.78 is 43.1. The van der Waals surface area contributed by atoms with Crippen LogP contribution in [-0.2, 0) is 27.2 Å². The molecule has 1 aromatic rings. The van der Waals surface area contributed by atoms with Gasteiger partial charge >= 0.3 is 5.69 Å². The number of nitrogen functional groups attached to an aromatic ring is 1. The number of aromatic nitrogens is 2. The Balaban J connectivity index is 1.96. The summed E-state index contributed by atoms with van der Waals surface area (Å²) >= 11 is 0. The Morgan fingerprint density at radius 1 is 1.32 bits per heavy atom. The van der Waals surface area contributed by atoms with Crippen LogP contribution in [0.2, 0.25) is 0 Å². The van der Waals surface area contributed by atoms with Crippen molar-refractivity contribution in [3.8, 4) is 0 Å². The van der Waals surface area contributed by atoms with Crippen molar-refractivity contribution < 1.29 is 51.7 Å². The van der Waals surface area contributed by atoms with Crippen LogP contribution in [0, 0.1) is 0 Å². The van der Waals surface area contributed by atoms with E-state index in [2.05, 4.69) is 18.3 Å². The highest BCUT2D eigenvalue weighted by Crippen LogP contribution is 2.55. The number of anilines is 1. The van der Waals surface area contributed by atoms with E-state index in [0.717, 1.165) is 4.57 Å². The second-order valence-electron chi connectivity index (χ2n) is 7.74. The minimum atomic E-state index is -5.40. The smallest absolute Gasteiger partial charge is 0.351 e. The summed E-state index contributed by atoms with van der Waals surface area (Å²) in [5.74, 6) is -0.0637. The Labute approximate surface area is 177 Å². The molecular weight excluding hydrogens is 462 g/mol. The molecule has 0 amide bonds. The molecule has 0 radical (unpaired) electrons. The SMILES string of the molecule is C[N+](C)(C)CCOP(=O)([O-])OP(=O)([O-])OC[C@H]1O[C@@H](n2ccc(N)nc2=O)C(O)[C@H]1[OH2+]. The number of quaternary nitrogens is 1. The van der Waals surface area contributed by atoms with Crippen LogP contribution in [0.3, 0.4) is 0 Å². The predicted octanol–water partition coefficient (Wildman–Crippen LogP) is -3.13. The number of hydrogen-bond acceptors (Lipinski definition) is 12. The molecule has 2 rings (SSSR count). The van der Waals surface area contributed by atoms with Crippen LogP contribution in [-0.4, -0.2) is 83.5 Å². The quantitative estimate of drug-likeness (QED) is 0.190. The zero-order valence-electron chi connectivity index (χ0n) is 17.0. The molecule has 0 bridgehead atoms. The molecule has 1 aliphatic heterocycles. The molecule has 6 atom stereocenters. The average molecular weight is 488 g/mol. The number of hydrogen-bond donors (Lipinski definition) is 2. The summed E-state index contributed by atoms with van der Waals surface area (Å²) in [6.45, 7) is -0.906. The van der Waals surface area contributed by atoms with E-state index >= 15 is 0 Å². The van der Waals surface area contributed by atoms with Gasteiger partial charge < -0.3 is 44.0 Å². The molecule has 2 heterocycles. The average Bonchev–Trinajstić information content (AvgIpc) is 2.86. The van der Waals surface area contributed by atoms with Crippen molar-refractivity contribution in [2.24, 2.45) is 0 Å². The Morgan fingerprint density at radius 2 is 1.94 bits per heavy atom. The zero-order valence-corrected chi connectivity index (χ0v) is 18.8. The molecule has 17 heteroatoms. The number of nitrogens with zero attached hydrogens (tertiary/aromatic N) is 3. The maximum atomic E-state index is 11.9. The first-order chi connectivity index (χ1) is 14.1. The van der Waals surface area contributed by atoms with Gasteiger partial charge in [0.05, 0.1) is 27.7 Å². The van der Waals surface area contributed by atoms with Crippen LogP contribution < -0.4 is 21.2 Å². The number of phosphoric acid groups is 2. The largest absolute Gasteiger partial charge is 0.756 e. The molecule has 0 aliphatic carbocycles. The van der Waals surface area contributed by atoms with E-state index in [-0.39, 0.29) is 19.0 Å². The normalized spacial score (nSPS) is 28.2. The minimum absolute atomic E-state index is 0.0637. The van der Waals surface area contributed by atoms with Gasteiger partial charge in [-0.25, -0.2) is 9.11 Å². The second-order valence-corrected chi connectivity index (χ2v) is 10.7. The molecule has 1 aliphatic rings. The van der Waals surface area contributed by atoms with E-state index in [4.69, 9.17) is 15.6 Å². The van der Waals surface area contributed by atoms with Crippen LogP contribution in [0.25, 0.3) is 0 Å². The number of aliphatic hydroxyl groups excluding tert-OH is 1. The van der Waals surface area contributed by atoms with E-state index in [0.29, 0.717) is 4.48 Å². The summed E-state index contributed by atoms with van der Waals surface area (Å²) in [5, 5.41) is 18.1. The van der Waals surface area contributed by atoms with Gasteiger partial charge in [-0.05, 0) is 6.07 Å². The van der Waals surface area contributed by atoms with Crippen LogP contribution in [0.4, 0.5) is 5.82 Å². The van der Waals surface area contributed by atoms with Crippen molar-refractivity contribution in [3.63, 3.8) is 0 Å². The van der Waals surface area contributed by atoms with Gasteiger partial charge in [-0.3, -0.25) is 13.7 Å². The van der Waals surface area contributed by atoms with Crippen molar-refractivity contribution in [1.29, 1.82) is 0 Å². The van der Waals surface area contributed by atoms with Gasteiger partial charge in [-0.1, -0.05) is 0 Å². The number of rotatable bonds is 10. The van der Waals surface area contributed by atoms with Crippen LogP contribution in [0.5, 0.6) is 0 Å². The highest BCUT2D eigenvalue weighted by Gasteiger charge is 2.48. The molecule has 1 fully saturated rings. The van der Waals surface area contributed by atoms with Crippen molar-refractivity contribution in [1.82, 2.24) is 9.55 Å². The van der Waals surface area contributed by atoms with Crippen molar-refractivity contribution in [2.75, 3.05) is 46.6 Å². The molecule has 0 saturated carbocycles. The lowest BCUT2D eigenvalue weighted by Crippen LogP contribution is -2.37. The number of aliphatic hydroxyl groups is 1. The summed E-state index contributed by atoms with van der Waals surface area (Å²) in [7, 11) is -5.30. The predicted molar refractivity (Wildman–Crippen MR) is 101 cm³/mol. The zero-order chi connectivity index (χ0) is 23.6. The highest BCUT2D eigenvalue weighted by molar-refractivity contribution is 7.59. The number of phosphoric ester groups is 2. The van der Waals surface area contributed by atoms with Crippen LogP contribution in [0.1, 0.15) is 6.23 Å². The van der Waals surface area contributed by atoms with Gasteiger partial charge in [-0.2, -0.15) is 4.98 Å². The van der Waals surface area contributed by atoms with E-state index < -0.39 is 52.5 Å². The fraction of sp³-hybridized carbons (Fsp3) is 0.714. The van der Waals surface area contributed by atoms with Gasteiger partial charge in [0.2, 0.25) is 6.10 Å². The third kappa shape index (κ3) is 7.70. The summed E-state index contributed by atoms with van der Waals surface area (Å²) in [6, 6.07) is 1.27. The third-order valence-electron chi connectivity index (χ3n) is 4.11. The Bertz CT molecular complexity index is 920. The molecule has 3 unspecified atom stereocenters. The van der Waals surface area contributed by atoms with Crippen molar-refractivity contribution in [3.05, 3.63) is 22.7 Å². The molecule has 1 aromatic heterocycles. The van der Waals surface area contributed by atoms with Gasteiger partial charge in [0.15, 0.2) is 18.4 Å². The van der Waals surface area contributed by atoms with E-state index in [9.17, 15) is 28.8 Å². The van der Waals surface area contributed by atoms with E-state index in [1.165, 1.54) is 12.3 Å². The number of likely N-dealkylation sites (N-methyl/N-ethyl adjacent to an activating group) is 1. The first kappa shape index (κ1) is 26.0. The maximum Gasteiger partial charge on any atom is 0.351 e. The first-order valence-electron chi connectivity index (χ1n) is 8.92. The Kier molecular flexibility index (Phi) is 8.17. The van der Waals surface area contributed by atoms with Gasteiger partial charge in [0.1, 0.15) is 19.0 Å². The molecule has 0 spiro atoms. The monoisotopic (exact) mass is 488 g/mol. The standard InChI is InChI=1S/C14H26N4O11P2/c1-18(2,3)6-7-26-30(22,23)29-31(24,25)27-8-9-11(19)12(20)13(28-9)17-5-4-10(15)16-14(17)21/h4-5,9,11-13,19-20H,6-8H2,1-3H3,(H3-,15,16,21,22,23,24,25)/t9-,11+,12?,13-/m1/s1. The summed E-state index contributed by atoms with van der Waals surface area (Å²) in [6.07, 6.45) is -4.45. The minimum Gasteiger partial charge on any atom is -0.756 e. The Hall–Kier alpha value is -1.22. The van der Waals surface area contributed by atoms with Gasteiger partial charge in [0, 0.05) is 6.20 Å². The Morgan fingerprint density at radius 3 is 2.52 bits per heavy atom. The van der Waals surface area contributed by atoms with Crippen LogP contribution >= 0.6 is 15.6 Å². The van der Waals surface area contributed by atoms with Crippen LogP contribution in [0.15, 0.2) is 17.1 Å². The second kappa shape index (κ2) is 9.73. The fourth-order valence-corrected chi connectivity index (χ4v) is 4.49. The maximum absolute atomic E-state index is 11.9. The van der Waals surface area contributed by atoms with Gasteiger partial charge in [-0.15, -0.1) is 0 Å². The lowest BCUT2D eigenvalue weighted by molar-refractivity contribution is -0.870. The first-order valence-corrected chi connectivity index (χ1v) is 11.8. The third-order valence-corrected chi connectivity index (χ3v) is 6.67. The molecule has 31 heavy (non-hydrogen) atoms. The van der Waals surface area contributed by atoms with E-state index in [1.54, 1.807) is 21.1 Å². The molecular formula is C14H26N4O11P2. The molecule has 0 aromatic carbocycles.